The smallest absolute Gasteiger partial charge is 0.305 e. The van der Waals surface area contributed by atoms with Crippen LogP contribution in [0.1, 0.15) is 26.2 Å². The molecule has 0 aliphatic rings. The maximum absolute atomic E-state index is 13.0. The first-order valence-corrected chi connectivity index (χ1v) is 6.25. The second-order valence-electron chi connectivity index (χ2n) is 3.18. The molecule has 0 radical (unpaired) electrons. The predicted octanol–water partition coefficient (Wildman–Crippen LogP) is 1.58. The Hall–Kier alpha value is -0.320. The van der Waals surface area contributed by atoms with E-state index in [-0.39, 0.29) is 6.42 Å². The zero-order valence-corrected chi connectivity index (χ0v) is 9.56. The number of Topliss-reactive ketones (excluding diaryl/α,β-unsaturated/α-hetero) is 1. The lowest BCUT2D eigenvalue weighted by Gasteiger charge is -2.22. The number of carbonyl (C=O) groups excluding carboxylic acids is 1. The molecule has 0 aliphatic carbocycles. The Labute approximate surface area is 87.2 Å². The summed E-state index contributed by atoms with van der Waals surface area (Å²) in [5.74, 6) is -5.18. The highest BCUT2D eigenvalue weighted by Gasteiger charge is 2.38. The molecule has 7 heteroatoms. The van der Waals surface area contributed by atoms with Gasteiger partial charge in [0.05, 0.1) is 6.16 Å². The third-order valence-electron chi connectivity index (χ3n) is 1.87. The molecule has 4 nitrogen and oxygen atoms in total. The van der Waals surface area contributed by atoms with Gasteiger partial charge in [-0.3, -0.25) is 4.79 Å². The van der Waals surface area contributed by atoms with E-state index in [2.05, 4.69) is 4.52 Å². The van der Waals surface area contributed by atoms with Crippen LogP contribution in [0.25, 0.3) is 0 Å². The normalized spacial score (nSPS) is 16.1. The van der Waals surface area contributed by atoms with Crippen molar-refractivity contribution in [3.05, 3.63) is 0 Å². The minimum absolute atomic E-state index is 0.175. The molecule has 0 heterocycles. The van der Waals surface area contributed by atoms with Crippen molar-refractivity contribution >= 4 is 13.4 Å². The van der Waals surface area contributed by atoms with Gasteiger partial charge in [0.1, 0.15) is 7.60 Å². The Kier molecular flexibility index (Phi) is 5.56. The van der Waals surface area contributed by atoms with E-state index in [0.717, 1.165) is 7.11 Å². The Morgan fingerprint density at radius 3 is 2.47 bits per heavy atom. The monoisotopic (exact) mass is 243 g/mol. The minimum Gasteiger partial charge on any atom is -0.778 e. The molecule has 0 amide bonds. The van der Waals surface area contributed by atoms with Gasteiger partial charge in [-0.15, -0.1) is 0 Å². The summed E-state index contributed by atoms with van der Waals surface area (Å²) < 4.78 is 40.7. The fourth-order valence-corrected chi connectivity index (χ4v) is 1.61. The largest absolute Gasteiger partial charge is 0.778 e. The van der Waals surface area contributed by atoms with Crippen molar-refractivity contribution < 1.29 is 27.6 Å². The Balaban J connectivity index is 4.37. The first kappa shape index (κ1) is 14.7. The van der Waals surface area contributed by atoms with Crippen molar-refractivity contribution in [1.29, 1.82) is 0 Å². The van der Waals surface area contributed by atoms with Crippen molar-refractivity contribution in [2.45, 2.75) is 32.1 Å². The molecular formula is C8H14F2O4P-. The molecule has 0 spiro atoms. The molecule has 0 saturated carbocycles. The number of ketones is 1. The second kappa shape index (κ2) is 5.68. The molecule has 0 fully saturated rings. The van der Waals surface area contributed by atoms with Crippen molar-refractivity contribution in [2.75, 3.05) is 13.3 Å². The van der Waals surface area contributed by atoms with Crippen molar-refractivity contribution in [3.8, 4) is 0 Å². The van der Waals surface area contributed by atoms with Crippen LogP contribution in [-0.4, -0.2) is 25.0 Å². The topological polar surface area (TPSA) is 66.4 Å². The molecule has 1 atom stereocenters. The Bertz CT molecular complexity index is 267. The predicted molar refractivity (Wildman–Crippen MR) is 49.0 cm³/mol. The van der Waals surface area contributed by atoms with Crippen LogP contribution in [0.15, 0.2) is 0 Å². The van der Waals surface area contributed by atoms with Crippen molar-refractivity contribution in [3.63, 3.8) is 0 Å². The van der Waals surface area contributed by atoms with Gasteiger partial charge in [0.15, 0.2) is 0 Å². The standard InChI is InChI=1S/C8H15F2O4P/c1-3-4-5-8(9,10)7(11)6-15(12,13)14-2/h3-6H2,1-2H3,(H,12,13)/p-1. The summed E-state index contributed by atoms with van der Waals surface area (Å²) in [5, 5.41) is 0. The molecule has 0 aromatic heterocycles. The fraction of sp³-hybridized carbons (Fsp3) is 0.875. The van der Waals surface area contributed by atoms with E-state index < -0.39 is 31.9 Å². The first-order valence-electron chi connectivity index (χ1n) is 4.52. The summed E-state index contributed by atoms with van der Waals surface area (Å²) in [6.07, 6.45) is -1.18. The maximum atomic E-state index is 13.0. The van der Waals surface area contributed by atoms with E-state index in [1.165, 1.54) is 0 Å². The molecule has 0 saturated heterocycles. The highest BCUT2D eigenvalue weighted by atomic mass is 31.2. The first-order chi connectivity index (χ1) is 6.75. The number of alkyl halides is 2. The third kappa shape index (κ3) is 5.35. The quantitative estimate of drug-likeness (QED) is 0.636. The lowest BCUT2D eigenvalue weighted by Crippen LogP contribution is -2.32. The highest BCUT2D eigenvalue weighted by molar-refractivity contribution is 7.52. The molecular weight excluding hydrogens is 229 g/mol. The number of hydrogen-bond acceptors (Lipinski definition) is 4. The van der Waals surface area contributed by atoms with Crippen LogP contribution in [0.2, 0.25) is 0 Å². The van der Waals surface area contributed by atoms with Crippen LogP contribution in [0.5, 0.6) is 0 Å². The molecule has 0 N–H and O–H groups in total. The van der Waals surface area contributed by atoms with Crippen molar-refractivity contribution in [2.24, 2.45) is 0 Å². The average molecular weight is 243 g/mol. The van der Waals surface area contributed by atoms with Gasteiger partial charge in [-0.25, -0.2) is 0 Å². The Morgan fingerprint density at radius 1 is 1.53 bits per heavy atom. The fourth-order valence-electron chi connectivity index (χ4n) is 0.894. The molecule has 0 aromatic rings. The number of unbranched alkanes of at least 4 members (excludes halogenated alkanes) is 1. The summed E-state index contributed by atoms with van der Waals surface area (Å²) in [7, 11) is -3.60. The summed E-state index contributed by atoms with van der Waals surface area (Å²) in [5.41, 5.74) is 0. The lowest BCUT2D eigenvalue weighted by atomic mass is 10.1. The number of rotatable bonds is 7. The lowest BCUT2D eigenvalue weighted by molar-refractivity contribution is -0.197. The highest BCUT2D eigenvalue weighted by Crippen LogP contribution is 2.38. The van der Waals surface area contributed by atoms with E-state index in [1.54, 1.807) is 6.92 Å². The number of hydrogen-bond donors (Lipinski definition) is 0. The van der Waals surface area contributed by atoms with Gasteiger partial charge in [-0.2, -0.15) is 8.78 Å². The number of halogens is 2. The van der Waals surface area contributed by atoms with Gasteiger partial charge < -0.3 is 14.0 Å². The van der Waals surface area contributed by atoms with Gasteiger partial charge in [-0.05, 0) is 6.42 Å². The number of carbonyl (C=O) groups is 1. The van der Waals surface area contributed by atoms with Gasteiger partial charge in [0, 0.05) is 13.5 Å². The van der Waals surface area contributed by atoms with Gasteiger partial charge in [-0.1, -0.05) is 13.3 Å². The van der Waals surface area contributed by atoms with Crippen LogP contribution in [0.4, 0.5) is 8.78 Å². The molecule has 15 heavy (non-hydrogen) atoms. The van der Waals surface area contributed by atoms with E-state index >= 15 is 0 Å². The van der Waals surface area contributed by atoms with Gasteiger partial charge in [0.25, 0.3) is 0 Å². The van der Waals surface area contributed by atoms with E-state index in [1.807, 2.05) is 0 Å². The summed E-state index contributed by atoms with van der Waals surface area (Å²) in [4.78, 5) is 21.7. The average Bonchev–Trinajstić information content (AvgIpc) is 2.14. The van der Waals surface area contributed by atoms with Gasteiger partial charge in [0.2, 0.25) is 5.78 Å². The zero-order chi connectivity index (χ0) is 12.1. The maximum Gasteiger partial charge on any atom is 0.305 e. The van der Waals surface area contributed by atoms with E-state index in [0.29, 0.717) is 6.42 Å². The van der Waals surface area contributed by atoms with E-state index in [9.17, 15) is 23.0 Å². The third-order valence-corrected chi connectivity index (χ3v) is 3.10. The van der Waals surface area contributed by atoms with Gasteiger partial charge >= 0.3 is 5.92 Å². The zero-order valence-electron chi connectivity index (χ0n) is 8.66. The molecule has 0 bridgehead atoms. The molecule has 0 rings (SSSR count). The van der Waals surface area contributed by atoms with Crippen LogP contribution in [-0.2, 0) is 13.9 Å². The summed E-state index contributed by atoms with van der Waals surface area (Å²) in [6, 6.07) is 0. The summed E-state index contributed by atoms with van der Waals surface area (Å²) in [6.45, 7) is 1.70. The molecule has 90 valence electrons. The van der Waals surface area contributed by atoms with Crippen LogP contribution in [0, 0.1) is 0 Å². The Morgan fingerprint density at radius 2 is 2.07 bits per heavy atom. The SMILES string of the molecule is CCCCC(F)(F)C(=O)CP(=O)([O-])OC. The second-order valence-corrected chi connectivity index (χ2v) is 5.09. The molecule has 1 unspecified atom stereocenters. The van der Waals surface area contributed by atoms with Crippen LogP contribution in [0.3, 0.4) is 0 Å². The molecule has 0 aliphatic heterocycles. The summed E-state index contributed by atoms with van der Waals surface area (Å²) >= 11 is 0. The molecule has 0 aromatic carbocycles. The van der Waals surface area contributed by atoms with Crippen LogP contribution < -0.4 is 4.89 Å². The van der Waals surface area contributed by atoms with Crippen LogP contribution >= 0.6 is 7.60 Å². The van der Waals surface area contributed by atoms with Crippen molar-refractivity contribution in [1.82, 2.24) is 0 Å². The minimum atomic E-state index is -4.44. The van der Waals surface area contributed by atoms with E-state index in [4.69, 9.17) is 0 Å².